The van der Waals surface area contributed by atoms with Gasteiger partial charge in [0.25, 0.3) is 0 Å². The predicted octanol–water partition coefficient (Wildman–Crippen LogP) is 6.06. The number of halogens is 3. The number of hydrogen-bond donors (Lipinski definition) is 0. The van der Waals surface area contributed by atoms with Crippen molar-refractivity contribution < 1.29 is 22.7 Å². The lowest BCUT2D eigenvalue weighted by molar-refractivity contribution is 0.0729. The van der Waals surface area contributed by atoms with Crippen molar-refractivity contribution in [1.29, 1.82) is 5.26 Å². The lowest BCUT2D eigenvalue weighted by Gasteiger charge is -2.10. The Hall–Kier alpha value is -3.85. The Labute approximate surface area is 169 Å². The summed E-state index contributed by atoms with van der Waals surface area (Å²) in [5.74, 6) is -4.68. The standard InChI is InChI=1S/C24H14F3NO2/c1-2-13-3-5-16-14(9-13)4-6-18-17(16)7-8-19(23(18)27)24(29)30-15-10-21(25)20(12-28)22(26)11-15/h3-11H,2H2,1H3. The number of fused-ring (bicyclic) bond motifs is 3. The van der Waals surface area contributed by atoms with E-state index in [9.17, 15) is 13.6 Å². The highest BCUT2D eigenvalue weighted by Gasteiger charge is 2.19. The number of nitrogens with zero attached hydrogens (tertiary/aromatic N) is 1. The molecule has 0 aliphatic heterocycles. The molecule has 3 nitrogen and oxygen atoms in total. The summed E-state index contributed by atoms with van der Waals surface area (Å²) in [5, 5.41) is 11.4. The van der Waals surface area contributed by atoms with Crippen LogP contribution in [0.2, 0.25) is 0 Å². The minimum absolute atomic E-state index is 0.235. The molecule has 6 heteroatoms. The molecule has 148 valence electrons. The molecule has 0 heterocycles. The summed E-state index contributed by atoms with van der Waals surface area (Å²) in [6.07, 6.45) is 0.879. The van der Waals surface area contributed by atoms with E-state index in [1.54, 1.807) is 18.2 Å². The van der Waals surface area contributed by atoms with Crippen LogP contribution < -0.4 is 4.74 Å². The Balaban J connectivity index is 1.74. The van der Waals surface area contributed by atoms with E-state index >= 15 is 4.39 Å². The third kappa shape index (κ3) is 3.25. The van der Waals surface area contributed by atoms with Crippen LogP contribution in [0.4, 0.5) is 13.2 Å². The predicted molar refractivity (Wildman–Crippen MR) is 107 cm³/mol. The Morgan fingerprint density at radius 1 is 0.933 bits per heavy atom. The first-order valence-electron chi connectivity index (χ1n) is 9.18. The third-order valence-corrected chi connectivity index (χ3v) is 4.98. The van der Waals surface area contributed by atoms with Crippen LogP contribution in [-0.2, 0) is 6.42 Å². The van der Waals surface area contributed by atoms with E-state index in [0.717, 1.165) is 22.8 Å². The van der Waals surface area contributed by atoms with Crippen LogP contribution in [0.25, 0.3) is 21.5 Å². The zero-order valence-corrected chi connectivity index (χ0v) is 15.8. The molecule has 0 saturated heterocycles. The lowest BCUT2D eigenvalue weighted by Crippen LogP contribution is -2.11. The second-order valence-electron chi connectivity index (χ2n) is 6.76. The molecule has 4 aromatic rings. The molecule has 4 aromatic carbocycles. The van der Waals surface area contributed by atoms with Crippen LogP contribution in [0.3, 0.4) is 0 Å². The summed E-state index contributed by atoms with van der Waals surface area (Å²) in [7, 11) is 0. The first kappa shape index (κ1) is 19.5. The third-order valence-electron chi connectivity index (χ3n) is 4.98. The molecule has 30 heavy (non-hydrogen) atoms. The van der Waals surface area contributed by atoms with Crippen molar-refractivity contribution in [3.8, 4) is 11.8 Å². The van der Waals surface area contributed by atoms with Gasteiger partial charge in [-0.2, -0.15) is 5.26 Å². The van der Waals surface area contributed by atoms with Gasteiger partial charge in [-0.25, -0.2) is 18.0 Å². The van der Waals surface area contributed by atoms with E-state index in [0.29, 0.717) is 17.5 Å². The summed E-state index contributed by atoms with van der Waals surface area (Å²) >= 11 is 0. The van der Waals surface area contributed by atoms with Gasteiger partial charge in [-0.3, -0.25) is 0 Å². The maximum absolute atomic E-state index is 15.1. The molecule has 0 unspecified atom stereocenters. The summed E-state index contributed by atoms with van der Waals surface area (Å²) < 4.78 is 47.5. The van der Waals surface area contributed by atoms with Crippen molar-refractivity contribution in [1.82, 2.24) is 0 Å². The highest BCUT2D eigenvalue weighted by atomic mass is 19.1. The molecule has 0 atom stereocenters. The van der Waals surface area contributed by atoms with E-state index in [2.05, 4.69) is 0 Å². The largest absolute Gasteiger partial charge is 0.423 e. The molecule has 0 radical (unpaired) electrons. The van der Waals surface area contributed by atoms with E-state index in [-0.39, 0.29) is 10.9 Å². The van der Waals surface area contributed by atoms with Crippen molar-refractivity contribution in [2.45, 2.75) is 13.3 Å². The Bertz CT molecular complexity index is 1350. The van der Waals surface area contributed by atoms with Gasteiger partial charge >= 0.3 is 5.97 Å². The number of carbonyl (C=O) groups excluding carboxylic acids is 1. The number of ether oxygens (including phenoxy) is 1. The average molecular weight is 405 g/mol. The summed E-state index contributed by atoms with van der Waals surface area (Å²) in [4.78, 5) is 12.4. The van der Waals surface area contributed by atoms with Gasteiger partial charge < -0.3 is 4.74 Å². The Morgan fingerprint density at radius 2 is 1.60 bits per heavy atom. The smallest absolute Gasteiger partial charge is 0.346 e. The molecule has 0 spiro atoms. The second-order valence-corrected chi connectivity index (χ2v) is 6.76. The lowest BCUT2D eigenvalue weighted by atomic mass is 9.97. The van der Waals surface area contributed by atoms with Crippen LogP contribution in [0, 0.1) is 28.8 Å². The van der Waals surface area contributed by atoms with Crippen molar-refractivity contribution in [3.05, 3.63) is 88.7 Å². The Morgan fingerprint density at radius 3 is 2.27 bits per heavy atom. The van der Waals surface area contributed by atoms with E-state index in [1.807, 2.05) is 25.1 Å². The van der Waals surface area contributed by atoms with Crippen molar-refractivity contribution in [3.63, 3.8) is 0 Å². The van der Waals surface area contributed by atoms with Crippen LogP contribution in [0.5, 0.6) is 5.75 Å². The minimum atomic E-state index is -1.17. The van der Waals surface area contributed by atoms with Gasteiger partial charge in [-0.05, 0) is 34.2 Å². The molecule has 4 rings (SSSR count). The number of hydrogen-bond acceptors (Lipinski definition) is 3. The molecular weight excluding hydrogens is 391 g/mol. The first-order chi connectivity index (χ1) is 14.4. The van der Waals surface area contributed by atoms with Gasteiger partial charge in [0.1, 0.15) is 34.8 Å². The molecule has 0 aliphatic rings. The topological polar surface area (TPSA) is 50.1 Å². The number of aryl methyl sites for hydroxylation is 1. The van der Waals surface area contributed by atoms with E-state index in [4.69, 9.17) is 10.00 Å². The fraction of sp³-hybridized carbons (Fsp3) is 0.0833. The number of benzene rings is 4. The van der Waals surface area contributed by atoms with Crippen LogP contribution in [-0.4, -0.2) is 5.97 Å². The molecule has 0 fully saturated rings. The molecule has 0 saturated carbocycles. The number of rotatable bonds is 3. The molecule has 0 aromatic heterocycles. The van der Waals surface area contributed by atoms with Gasteiger partial charge in [0.05, 0.1) is 5.56 Å². The van der Waals surface area contributed by atoms with Crippen LogP contribution >= 0.6 is 0 Å². The SMILES string of the molecule is CCc1ccc2c(ccc3c(F)c(C(=O)Oc4cc(F)c(C#N)c(F)c4)ccc32)c1. The molecule has 0 amide bonds. The normalized spacial score (nSPS) is 10.9. The minimum Gasteiger partial charge on any atom is -0.423 e. The van der Waals surface area contributed by atoms with E-state index in [1.165, 1.54) is 12.1 Å². The van der Waals surface area contributed by atoms with Crippen LogP contribution in [0.15, 0.2) is 54.6 Å². The fourth-order valence-electron chi connectivity index (χ4n) is 3.41. The quantitative estimate of drug-likeness (QED) is 0.236. The highest BCUT2D eigenvalue weighted by molar-refractivity contribution is 6.09. The van der Waals surface area contributed by atoms with Crippen molar-refractivity contribution in [2.75, 3.05) is 0 Å². The monoisotopic (exact) mass is 405 g/mol. The maximum atomic E-state index is 15.1. The number of nitriles is 1. The zero-order valence-electron chi connectivity index (χ0n) is 15.8. The zero-order chi connectivity index (χ0) is 21.4. The molecular formula is C24H14F3NO2. The summed E-state index contributed by atoms with van der Waals surface area (Å²) in [6, 6.07) is 15.0. The van der Waals surface area contributed by atoms with Crippen molar-refractivity contribution >= 4 is 27.5 Å². The van der Waals surface area contributed by atoms with Crippen LogP contribution in [0.1, 0.15) is 28.4 Å². The summed E-state index contributed by atoms with van der Waals surface area (Å²) in [6.45, 7) is 2.05. The second kappa shape index (κ2) is 7.53. The van der Waals surface area contributed by atoms with Gasteiger partial charge in [0.15, 0.2) is 0 Å². The molecule has 0 bridgehead atoms. The average Bonchev–Trinajstić information content (AvgIpc) is 2.73. The fourth-order valence-corrected chi connectivity index (χ4v) is 3.41. The Kier molecular flexibility index (Phi) is 4.88. The summed E-state index contributed by atoms with van der Waals surface area (Å²) in [5.41, 5.74) is 0.00592. The number of esters is 1. The number of carbonyl (C=O) groups is 1. The molecule has 0 aliphatic carbocycles. The van der Waals surface area contributed by atoms with Gasteiger partial charge in [-0.15, -0.1) is 0 Å². The maximum Gasteiger partial charge on any atom is 0.346 e. The van der Waals surface area contributed by atoms with E-state index < -0.39 is 34.7 Å². The van der Waals surface area contributed by atoms with Crippen molar-refractivity contribution in [2.24, 2.45) is 0 Å². The van der Waals surface area contributed by atoms with Gasteiger partial charge in [-0.1, -0.05) is 43.3 Å². The van der Waals surface area contributed by atoms with Gasteiger partial charge in [0, 0.05) is 17.5 Å². The van der Waals surface area contributed by atoms with Gasteiger partial charge in [0.2, 0.25) is 0 Å². The first-order valence-corrected chi connectivity index (χ1v) is 9.18. The highest BCUT2D eigenvalue weighted by Crippen LogP contribution is 2.30. The molecule has 0 N–H and O–H groups in total.